The summed E-state index contributed by atoms with van der Waals surface area (Å²) in [6, 6.07) is 4.81. The van der Waals surface area contributed by atoms with E-state index in [4.69, 9.17) is 14.2 Å². The Morgan fingerprint density at radius 3 is 2.67 bits per heavy atom. The van der Waals surface area contributed by atoms with E-state index in [-0.39, 0.29) is 12.5 Å². The van der Waals surface area contributed by atoms with Crippen molar-refractivity contribution in [1.29, 1.82) is 0 Å². The van der Waals surface area contributed by atoms with Crippen LogP contribution in [0.3, 0.4) is 0 Å². The molecule has 1 aromatic carbocycles. The Labute approximate surface area is 131 Å². The summed E-state index contributed by atoms with van der Waals surface area (Å²) in [7, 11) is 1.56. The van der Waals surface area contributed by atoms with Crippen molar-refractivity contribution in [1.82, 2.24) is 0 Å². The highest BCUT2D eigenvalue weighted by Gasteiger charge is 2.11. The van der Waals surface area contributed by atoms with Crippen LogP contribution in [0.25, 0.3) is 0 Å². The average molecular weight is 360 g/mol. The van der Waals surface area contributed by atoms with Crippen LogP contribution in [0.4, 0.5) is 5.69 Å². The molecule has 0 saturated heterocycles. The van der Waals surface area contributed by atoms with Crippen molar-refractivity contribution in [2.24, 2.45) is 0 Å². The number of nitrogens with one attached hydrogen (secondary N) is 1. The van der Waals surface area contributed by atoms with E-state index < -0.39 is 5.97 Å². The van der Waals surface area contributed by atoms with Gasteiger partial charge in [-0.1, -0.05) is 0 Å². The fourth-order valence-corrected chi connectivity index (χ4v) is 1.93. The van der Waals surface area contributed by atoms with E-state index in [2.05, 4.69) is 21.2 Å². The van der Waals surface area contributed by atoms with E-state index in [9.17, 15) is 9.59 Å². The molecule has 0 saturated carbocycles. The van der Waals surface area contributed by atoms with Gasteiger partial charge in [0.1, 0.15) is 6.61 Å². The summed E-state index contributed by atoms with van der Waals surface area (Å²) in [4.78, 5) is 23.2. The maximum Gasteiger partial charge on any atom is 0.338 e. The van der Waals surface area contributed by atoms with Crippen molar-refractivity contribution >= 4 is 33.5 Å². The first kappa shape index (κ1) is 17.6. The molecule has 0 bridgehead atoms. The number of anilines is 1. The summed E-state index contributed by atoms with van der Waals surface area (Å²) in [5.41, 5.74) is 0.974. The Kier molecular flexibility index (Phi) is 7.96. The molecular formula is C14H18BrNO5. The molecule has 0 aliphatic carbocycles. The minimum absolute atomic E-state index is 0.0601. The van der Waals surface area contributed by atoms with Crippen molar-refractivity contribution in [2.45, 2.75) is 6.92 Å². The number of halogens is 1. The van der Waals surface area contributed by atoms with Crippen molar-refractivity contribution in [3.8, 4) is 0 Å². The minimum Gasteiger partial charge on any atom is -0.462 e. The van der Waals surface area contributed by atoms with Crippen LogP contribution in [-0.4, -0.2) is 45.4 Å². The van der Waals surface area contributed by atoms with Gasteiger partial charge in [0.05, 0.1) is 31.1 Å². The molecule has 0 aliphatic heterocycles. The van der Waals surface area contributed by atoms with Gasteiger partial charge in [-0.3, -0.25) is 4.79 Å². The van der Waals surface area contributed by atoms with Crippen LogP contribution in [0.2, 0.25) is 0 Å². The van der Waals surface area contributed by atoms with Crippen LogP contribution in [0, 0.1) is 0 Å². The summed E-state index contributed by atoms with van der Waals surface area (Å²) < 4.78 is 15.4. The van der Waals surface area contributed by atoms with Crippen molar-refractivity contribution in [3.63, 3.8) is 0 Å². The molecule has 0 fully saturated rings. The average Bonchev–Trinajstić information content (AvgIpc) is 2.46. The smallest absolute Gasteiger partial charge is 0.338 e. The molecule has 0 aliphatic rings. The molecule has 0 radical (unpaired) electrons. The van der Waals surface area contributed by atoms with Gasteiger partial charge >= 0.3 is 5.97 Å². The summed E-state index contributed by atoms with van der Waals surface area (Å²) in [6.07, 6.45) is 0. The number of hydrogen-bond donors (Lipinski definition) is 1. The van der Waals surface area contributed by atoms with E-state index >= 15 is 0 Å². The molecule has 1 aromatic rings. The second kappa shape index (κ2) is 9.49. The number of rotatable bonds is 8. The number of amides is 1. The molecule has 1 rings (SSSR count). The third kappa shape index (κ3) is 6.24. The topological polar surface area (TPSA) is 73.9 Å². The molecular weight excluding hydrogens is 342 g/mol. The van der Waals surface area contributed by atoms with Crippen LogP contribution in [0.15, 0.2) is 22.7 Å². The molecule has 0 heterocycles. The quantitative estimate of drug-likeness (QED) is 0.569. The fraction of sp³-hybridized carbons (Fsp3) is 0.429. The molecule has 0 aromatic heterocycles. The Hall–Kier alpha value is -1.44. The molecule has 0 spiro atoms. The predicted octanol–water partition coefficient (Wildman–Crippen LogP) is 2.23. The highest BCUT2D eigenvalue weighted by atomic mass is 79.9. The van der Waals surface area contributed by atoms with Crippen molar-refractivity contribution in [2.75, 3.05) is 38.9 Å². The first-order chi connectivity index (χ1) is 10.1. The number of carbonyl (C=O) groups is 2. The highest BCUT2D eigenvalue weighted by Crippen LogP contribution is 2.24. The van der Waals surface area contributed by atoms with Crippen LogP contribution >= 0.6 is 15.9 Å². The Bertz CT molecular complexity index is 492. The monoisotopic (exact) mass is 359 g/mol. The van der Waals surface area contributed by atoms with E-state index in [0.29, 0.717) is 35.5 Å². The number of ether oxygens (including phenoxy) is 3. The SMILES string of the molecule is CCOC(=O)c1ccc(NC(=O)COCCOC)c(Br)c1. The maximum absolute atomic E-state index is 11.7. The number of carbonyl (C=O) groups excluding carboxylic acids is 2. The zero-order valence-corrected chi connectivity index (χ0v) is 13.6. The van der Waals surface area contributed by atoms with Gasteiger partial charge in [-0.2, -0.15) is 0 Å². The van der Waals surface area contributed by atoms with Gasteiger partial charge in [0.2, 0.25) is 5.91 Å². The Morgan fingerprint density at radius 2 is 2.05 bits per heavy atom. The summed E-state index contributed by atoms with van der Waals surface area (Å²) in [6.45, 7) is 2.78. The van der Waals surface area contributed by atoms with Gasteiger partial charge in [0.25, 0.3) is 0 Å². The van der Waals surface area contributed by atoms with Gasteiger partial charge in [-0.05, 0) is 41.1 Å². The second-order valence-corrected chi connectivity index (χ2v) is 4.86. The van der Waals surface area contributed by atoms with E-state index in [0.717, 1.165) is 0 Å². The van der Waals surface area contributed by atoms with Crippen LogP contribution in [0.1, 0.15) is 17.3 Å². The lowest BCUT2D eigenvalue weighted by molar-refractivity contribution is -0.121. The second-order valence-electron chi connectivity index (χ2n) is 4.01. The van der Waals surface area contributed by atoms with E-state index in [1.54, 1.807) is 32.2 Å². The zero-order chi connectivity index (χ0) is 15.7. The number of methoxy groups -OCH3 is 1. The lowest BCUT2D eigenvalue weighted by Gasteiger charge is -2.09. The first-order valence-electron chi connectivity index (χ1n) is 6.41. The summed E-state index contributed by atoms with van der Waals surface area (Å²) >= 11 is 3.30. The number of esters is 1. The lowest BCUT2D eigenvalue weighted by Crippen LogP contribution is -2.20. The zero-order valence-electron chi connectivity index (χ0n) is 12.0. The lowest BCUT2D eigenvalue weighted by atomic mass is 10.2. The van der Waals surface area contributed by atoms with Gasteiger partial charge in [-0.25, -0.2) is 4.79 Å². The largest absolute Gasteiger partial charge is 0.462 e. The highest BCUT2D eigenvalue weighted by molar-refractivity contribution is 9.10. The van der Waals surface area contributed by atoms with Crippen LogP contribution < -0.4 is 5.32 Å². The summed E-state index contributed by atoms with van der Waals surface area (Å²) in [5, 5.41) is 2.68. The van der Waals surface area contributed by atoms with E-state index in [1.165, 1.54) is 0 Å². The molecule has 0 unspecified atom stereocenters. The van der Waals surface area contributed by atoms with Crippen molar-refractivity contribution < 1.29 is 23.8 Å². The van der Waals surface area contributed by atoms with Crippen LogP contribution in [0.5, 0.6) is 0 Å². The molecule has 7 heteroatoms. The normalized spacial score (nSPS) is 10.2. The Balaban J connectivity index is 2.56. The van der Waals surface area contributed by atoms with Gasteiger partial charge in [0.15, 0.2) is 0 Å². The molecule has 1 N–H and O–H groups in total. The molecule has 21 heavy (non-hydrogen) atoms. The van der Waals surface area contributed by atoms with Gasteiger partial charge in [0, 0.05) is 11.6 Å². The molecule has 1 amide bonds. The number of hydrogen-bond acceptors (Lipinski definition) is 5. The number of benzene rings is 1. The molecule has 6 nitrogen and oxygen atoms in total. The first-order valence-corrected chi connectivity index (χ1v) is 7.21. The Morgan fingerprint density at radius 1 is 1.29 bits per heavy atom. The summed E-state index contributed by atoms with van der Waals surface area (Å²) in [5.74, 6) is -0.685. The third-order valence-corrected chi connectivity index (χ3v) is 3.08. The molecule has 116 valence electrons. The minimum atomic E-state index is -0.404. The van der Waals surface area contributed by atoms with Gasteiger partial charge < -0.3 is 19.5 Å². The standard InChI is InChI=1S/C14H18BrNO5/c1-3-21-14(18)10-4-5-12(11(15)8-10)16-13(17)9-20-7-6-19-2/h4-5,8H,3,6-7,9H2,1-2H3,(H,16,17). The van der Waals surface area contributed by atoms with E-state index in [1.807, 2.05) is 0 Å². The third-order valence-electron chi connectivity index (χ3n) is 2.42. The predicted molar refractivity (Wildman–Crippen MR) is 81.4 cm³/mol. The van der Waals surface area contributed by atoms with Gasteiger partial charge in [-0.15, -0.1) is 0 Å². The molecule has 0 atom stereocenters. The van der Waals surface area contributed by atoms with Crippen molar-refractivity contribution in [3.05, 3.63) is 28.2 Å². The fourth-order valence-electron chi connectivity index (χ4n) is 1.45. The van der Waals surface area contributed by atoms with Crippen LogP contribution in [-0.2, 0) is 19.0 Å². The maximum atomic E-state index is 11.7.